The Bertz CT molecular complexity index is 1520. The monoisotopic (exact) mass is 440 g/mol. The second-order valence-corrected chi connectivity index (χ2v) is 8.57. The molecule has 0 unspecified atom stereocenters. The van der Waals surface area contributed by atoms with Crippen LogP contribution in [0.15, 0.2) is 67.9 Å². The maximum Gasteiger partial charge on any atom is 0.271 e. The van der Waals surface area contributed by atoms with Crippen LogP contribution >= 0.6 is 0 Å². The number of aromatic nitrogens is 2. The molecule has 0 fully saturated rings. The van der Waals surface area contributed by atoms with Gasteiger partial charge in [0.15, 0.2) is 10.6 Å². The summed E-state index contributed by atoms with van der Waals surface area (Å²) in [5, 5.41) is 0.887. The van der Waals surface area contributed by atoms with Gasteiger partial charge in [0.1, 0.15) is 10.6 Å². The minimum Gasteiger partial charge on any atom is -0.492 e. The molecule has 160 valence electrons. The molecule has 2 aromatic carbocycles. The minimum absolute atomic E-state index is 0.0792. The molecule has 0 spiro atoms. The number of benzene rings is 2. The van der Waals surface area contributed by atoms with E-state index in [1.165, 1.54) is 6.07 Å². The highest BCUT2D eigenvalue weighted by molar-refractivity contribution is 7.91. The fourth-order valence-corrected chi connectivity index (χ4v) is 5.00. The second kappa shape index (κ2) is 7.92. The van der Waals surface area contributed by atoms with Gasteiger partial charge in [-0.3, -0.25) is 9.59 Å². The van der Waals surface area contributed by atoms with Gasteiger partial charge >= 0.3 is 0 Å². The van der Waals surface area contributed by atoms with E-state index in [0.717, 1.165) is 0 Å². The first kappa shape index (κ1) is 20.7. The van der Waals surface area contributed by atoms with Crippen LogP contribution < -0.4 is 20.6 Å². The predicted molar refractivity (Wildman–Crippen MR) is 117 cm³/mol. The molecule has 8 nitrogen and oxygen atoms in total. The van der Waals surface area contributed by atoms with Crippen molar-refractivity contribution in [1.29, 1.82) is 0 Å². The Hall–Kier alpha value is -3.59. The Morgan fingerprint density at radius 2 is 1.61 bits per heavy atom. The van der Waals surface area contributed by atoms with Gasteiger partial charge in [0.2, 0.25) is 9.84 Å². The number of para-hydroxylation sites is 2. The van der Waals surface area contributed by atoms with E-state index in [-0.39, 0.29) is 12.4 Å². The fraction of sp³-hybridized carbons (Fsp3) is 0.182. The first-order valence-electron chi connectivity index (χ1n) is 9.70. The summed E-state index contributed by atoms with van der Waals surface area (Å²) < 4.78 is 38.1. The van der Waals surface area contributed by atoms with E-state index in [9.17, 15) is 18.0 Å². The van der Waals surface area contributed by atoms with Crippen LogP contribution in [0, 0.1) is 0 Å². The van der Waals surface area contributed by atoms with E-state index in [0.29, 0.717) is 34.2 Å². The molecule has 0 radical (unpaired) electrons. The summed E-state index contributed by atoms with van der Waals surface area (Å²) in [6, 6.07) is 13.0. The average molecular weight is 440 g/mol. The SMILES string of the molecule is CCOc1c(S(=O)(=O)c2cc3cccc(OCC)c3[nH]c2=O)c(=O)[nH]c2ccccc12. The topological polar surface area (TPSA) is 118 Å². The lowest BCUT2D eigenvalue weighted by Crippen LogP contribution is -2.25. The highest BCUT2D eigenvalue weighted by Gasteiger charge is 2.31. The summed E-state index contributed by atoms with van der Waals surface area (Å²) in [7, 11) is -4.51. The molecule has 0 aliphatic heterocycles. The van der Waals surface area contributed by atoms with E-state index < -0.39 is 30.7 Å². The van der Waals surface area contributed by atoms with E-state index in [2.05, 4.69) is 9.97 Å². The van der Waals surface area contributed by atoms with Gasteiger partial charge < -0.3 is 19.4 Å². The number of aromatic amines is 2. The Kier molecular flexibility index (Phi) is 5.28. The fourth-order valence-electron chi connectivity index (χ4n) is 3.50. The molecule has 0 bridgehead atoms. The number of hydrogen-bond acceptors (Lipinski definition) is 6. The smallest absolute Gasteiger partial charge is 0.271 e. The van der Waals surface area contributed by atoms with Crippen LogP contribution in [0.2, 0.25) is 0 Å². The lowest BCUT2D eigenvalue weighted by atomic mass is 10.2. The molecule has 0 saturated carbocycles. The molecule has 0 aliphatic rings. The Morgan fingerprint density at radius 1 is 0.871 bits per heavy atom. The third kappa shape index (κ3) is 3.46. The third-order valence-electron chi connectivity index (χ3n) is 4.79. The van der Waals surface area contributed by atoms with E-state index in [4.69, 9.17) is 9.47 Å². The van der Waals surface area contributed by atoms with Crippen LogP contribution in [-0.4, -0.2) is 31.6 Å². The first-order chi connectivity index (χ1) is 14.9. The highest BCUT2D eigenvalue weighted by atomic mass is 32.2. The number of rotatable bonds is 6. The Labute approximate surface area is 177 Å². The molecular formula is C22H20N2O6S. The summed E-state index contributed by atoms with van der Waals surface area (Å²) in [5.41, 5.74) is -0.895. The lowest BCUT2D eigenvalue weighted by Gasteiger charge is -2.13. The number of pyridine rings is 2. The maximum absolute atomic E-state index is 13.5. The molecule has 31 heavy (non-hydrogen) atoms. The molecule has 9 heteroatoms. The predicted octanol–water partition coefficient (Wildman–Crippen LogP) is 3.00. The number of H-pyrrole nitrogens is 2. The standard InChI is InChI=1S/C22H20N2O6S/c1-3-29-16-11-7-8-13-12-17(21(25)24-18(13)16)31(27,28)20-19(30-4-2)14-9-5-6-10-15(14)23-22(20)26/h5-12H,3-4H2,1-2H3,(H,23,26)(H,24,25). The molecule has 2 heterocycles. The molecule has 0 saturated heterocycles. The summed E-state index contributed by atoms with van der Waals surface area (Å²) >= 11 is 0. The van der Waals surface area contributed by atoms with Crippen LogP contribution in [0.3, 0.4) is 0 Å². The van der Waals surface area contributed by atoms with Gasteiger partial charge in [0, 0.05) is 10.8 Å². The van der Waals surface area contributed by atoms with Crippen molar-refractivity contribution < 1.29 is 17.9 Å². The zero-order valence-corrected chi connectivity index (χ0v) is 17.7. The van der Waals surface area contributed by atoms with Crippen LogP contribution in [0.5, 0.6) is 11.5 Å². The van der Waals surface area contributed by atoms with E-state index >= 15 is 0 Å². The largest absolute Gasteiger partial charge is 0.492 e. The first-order valence-corrected chi connectivity index (χ1v) is 11.2. The molecule has 4 aromatic rings. The second-order valence-electron chi connectivity index (χ2n) is 6.71. The van der Waals surface area contributed by atoms with Crippen LogP contribution in [0.25, 0.3) is 21.8 Å². The highest BCUT2D eigenvalue weighted by Crippen LogP contribution is 2.33. The zero-order chi connectivity index (χ0) is 22.2. The van der Waals surface area contributed by atoms with Gasteiger partial charge in [-0.05, 0) is 38.1 Å². The van der Waals surface area contributed by atoms with Crippen molar-refractivity contribution in [1.82, 2.24) is 9.97 Å². The van der Waals surface area contributed by atoms with Gasteiger partial charge in [0.05, 0.1) is 24.2 Å². The van der Waals surface area contributed by atoms with Gasteiger partial charge in [-0.25, -0.2) is 8.42 Å². The van der Waals surface area contributed by atoms with Crippen molar-refractivity contribution in [2.24, 2.45) is 0 Å². The van der Waals surface area contributed by atoms with Gasteiger partial charge in [-0.2, -0.15) is 0 Å². The van der Waals surface area contributed by atoms with Crippen molar-refractivity contribution in [3.05, 3.63) is 69.2 Å². The number of ether oxygens (including phenoxy) is 2. The van der Waals surface area contributed by atoms with Crippen molar-refractivity contribution in [2.45, 2.75) is 23.6 Å². The molecule has 0 aliphatic carbocycles. The average Bonchev–Trinajstić information content (AvgIpc) is 2.74. The summed E-state index contributed by atoms with van der Waals surface area (Å²) in [6.45, 7) is 4.01. The van der Waals surface area contributed by atoms with E-state index in [1.807, 2.05) is 0 Å². The lowest BCUT2D eigenvalue weighted by molar-refractivity contribution is 0.334. The number of hydrogen-bond donors (Lipinski definition) is 2. The maximum atomic E-state index is 13.5. The molecular weight excluding hydrogens is 420 g/mol. The Morgan fingerprint density at radius 3 is 2.35 bits per heavy atom. The summed E-state index contributed by atoms with van der Waals surface area (Å²) in [4.78, 5) is 29.6. The van der Waals surface area contributed by atoms with Crippen molar-refractivity contribution in [3.8, 4) is 11.5 Å². The summed E-state index contributed by atoms with van der Waals surface area (Å²) in [6.07, 6.45) is 0. The molecule has 0 amide bonds. The molecule has 0 atom stereocenters. The van der Waals surface area contributed by atoms with Crippen molar-refractivity contribution in [2.75, 3.05) is 13.2 Å². The number of fused-ring (bicyclic) bond motifs is 2. The quantitative estimate of drug-likeness (QED) is 0.476. The molecule has 4 rings (SSSR count). The Balaban J connectivity index is 2.03. The van der Waals surface area contributed by atoms with Crippen LogP contribution in [0.1, 0.15) is 13.8 Å². The number of nitrogens with one attached hydrogen (secondary N) is 2. The zero-order valence-electron chi connectivity index (χ0n) is 16.9. The molecule has 2 aromatic heterocycles. The number of sulfone groups is 1. The third-order valence-corrected chi connectivity index (χ3v) is 6.58. The van der Waals surface area contributed by atoms with Gasteiger partial charge in [-0.1, -0.05) is 24.3 Å². The normalized spacial score (nSPS) is 11.7. The van der Waals surface area contributed by atoms with Crippen LogP contribution in [0.4, 0.5) is 0 Å². The summed E-state index contributed by atoms with van der Waals surface area (Å²) in [5.74, 6) is 0.351. The van der Waals surface area contributed by atoms with Crippen molar-refractivity contribution in [3.63, 3.8) is 0 Å². The van der Waals surface area contributed by atoms with Gasteiger partial charge in [0.25, 0.3) is 11.1 Å². The van der Waals surface area contributed by atoms with E-state index in [1.54, 1.807) is 56.3 Å². The van der Waals surface area contributed by atoms with Crippen LogP contribution in [-0.2, 0) is 9.84 Å². The van der Waals surface area contributed by atoms with Crippen molar-refractivity contribution >= 4 is 31.6 Å². The van der Waals surface area contributed by atoms with Gasteiger partial charge in [-0.15, -0.1) is 0 Å². The minimum atomic E-state index is -4.51. The molecule has 2 N–H and O–H groups in total.